The Morgan fingerprint density at radius 3 is 2.12 bits per heavy atom. The number of carbonyl (C=O) groups is 2. The van der Waals surface area contributed by atoms with Crippen LogP contribution < -0.4 is 4.72 Å². The molecular formula is C18H31N3O4S. The van der Waals surface area contributed by atoms with Gasteiger partial charge in [-0.15, -0.1) is 0 Å². The lowest BCUT2D eigenvalue weighted by atomic mass is 9.80. The van der Waals surface area contributed by atoms with E-state index in [2.05, 4.69) is 4.72 Å². The minimum atomic E-state index is -3.31. The van der Waals surface area contributed by atoms with Crippen molar-refractivity contribution in [1.82, 2.24) is 14.5 Å². The van der Waals surface area contributed by atoms with Crippen LogP contribution in [-0.4, -0.2) is 68.5 Å². The van der Waals surface area contributed by atoms with Crippen molar-refractivity contribution in [2.45, 2.75) is 57.4 Å². The molecule has 0 bridgehead atoms. The molecule has 1 aliphatic carbocycles. The Hall–Kier alpha value is -1.15. The fourth-order valence-electron chi connectivity index (χ4n) is 4.79. The molecule has 1 saturated carbocycles. The van der Waals surface area contributed by atoms with Crippen LogP contribution in [0.4, 0.5) is 0 Å². The number of piperidine rings is 1. The Labute approximate surface area is 156 Å². The van der Waals surface area contributed by atoms with Crippen molar-refractivity contribution in [3.8, 4) is 0 Å². The molecule has 7 nitrogen and oxygen atoms in total. The average Bonchev–Trinajstić information content (AvgIpc) is 3.10. The van der Waals surface area contributed by atoms with E-state index in [1.807, 2.05) is 0 Å². The monoisotopic (exact) mass is 385 g/mol. The third kappa shape index (κ3) is 4.97. The minimum absolute atomic E-state index is 0.275. The van der Waals surface area contributed by atoms with Crippen molar-refractivity contribution in [2.75, 3.05) is 32.4 Å². The number of hydrogen-bond donors (Lipinski definition) is 1. The van der Waals surface area contributed by atoms with Crippen molar-refractivity contribution in [3.63, 3.8) is 0 Å². The largest absolute Gasteiger partial charge is 0.334 e. The summed E-state index contributed by atoms with van der Waals surface area (Å²) in [4.78, 5) is 28.5. The van der Waals surface area contributed by atoms with E-state index in [9.17, 15) is 18.0 Å². The first kappa shape index (κ1) is 19.6. The van der Waals surface area contributed by atoms with E-state index < -0.39 is 21.8 Å². The van der Waals surface area contributed by atoms with Gasteiger partial charge in [0.1, 0.15) is 0 Å². The van der Waals surface area contributed by atoms with Crippen LogP contribution in [-0.2, 0) is 19.6 Å². The van der Waals surface area contributed by atoms with E-state index in [1.165, 1.54) is 37.0 Å². The summed E-state index contributed by atoms with van der Waals surface area (Å²) < 4.78 is 25.4. The summed E-state index contributed by atoms with van der Waals surface area (Å²) in [6.45, 7) is 2.17. The van der Waals surface area contributed by atoms with Gasteiger partial charge in [-0.25, -0.2) is 13.1 Å². The van der Waals surface area contributed by atoms with Gasteiger partial charge in [-0.2, -0.15) is 0 Å². The molecule has 0 aromatic carbocycles. The molecule has 0 radical (unpaired) electrons. The van der Waals surface area contributed by atoms with Crippen molar-refractivity contribution in [1.29, 1.82) is 0 Å². The van der Waals surface area contributed by atoms with E-state index >= 15 is 0 Å². The van der Waals surface area contributed by atoms with Crippen molar-refractivity contribution in [3.05, 3.63) is 0 Å². The van der Waals surface area contributed by atoms with Crippen LogP contribution in [0, 0.1) is 11.8 Å². The summed E-state index contributed by atoms with van der Waals surface area (Å²) in [5.41, 5.74) is 0. The van der Waals surface area contributed by atoms with Crippen LogP contribution in [0.5, 0.6) is 0 Å². The van der Waals surface area contributed by atoms with Crippen LogP contribution in [0.25, 0.3) is 0 Å². The molecule has 8 heteroatoms. The lowest BCUT2D eigenvalue weighted by molar-refractivity contribution is -0.152. The predicted molar refractivity (Wildman–Crippen MR) is 98.8 cm³/mol. The summed E-state index contributed by atoms with van der Waals surface area (Å²) in [5.74, 6) is 0.348. The summed E-state index contributed by atoms with van der Waals surface area (Å²) in [6.07, 6.45) is 9.93. The highest BCUT2D eigenvalue weighted by molar-refractivity contribution is 7.88. The second-order valence-electron chi connectivity index (χ2n) is 8.18. The van der Waals surface area contributed by atoms with Gasteiger partial charge in [0.05, 0.1) is 6.26 Å². The first-order chi connectivity index (χ1) is 12.3. The van der Waals surface area contributed by atoms with Crippen molar-refractivity contribution in [2.24, 2.45) is 11.8 Å². The van der Waals surface area contributed by atoms with Gasteiger partial charge >= 0.3 is 11.8 Å². The van der Waals surface area contributed by atoms with Gasteiger partial charge in [0.25, 0.3) is 0 Å². The molecule has 2 unspecified atom stereocenters. The zero-order chi connectivity index (χ0) is 18.7. The molecule has 0 aromatic rings. The molecule has 3 aliphatic rings. The molecule has 1 N–H and O–H groups in total. The molecule has 148 valence electrons. The third-order valence-electron chi connectivity index (χ3n) is 6.10. The van der Waals surface area contributed by atoms with Gasteiger partial charge in [-0.05, 0) is 31.1 Å². The fraction of sp³-hybridized carbons (Fsp3) is 0.889. The molecule has 2 heterocycles. The van der Waals surface area contributed by atoms with Gasteiger partial charge < -0.3 is 9.80 Å². The molecule has 3 rings (SSSR count). The maximum atomic E-state index is 12.7. The highest BCUT2D eigenvalue weighted by Crippen LogP contribution is 2.35. The first-order valence-corrected chi connectivity index (χ1v) is 11.8. The SMILES string of the molecule is CS(=O)(=O)NC1CCCN(C(=O)C(=O)N2CCC(C3CCCCC3)C2)C1. The molecule has 26 heavy (non-hydrogen) atoms. The average molecular weight is 386 g/mol. The van der Waals surface area contributed by atoms with Crippen LogP contribution >= 0.6 is 0 Å². The Balaban J connectivity index is 1.53. The first-order valence-electron chi connectivity index (χ1n) is 9.89. The summed E-state index contributed by atoms with van der Waals surface area (Å²) >= 11 is 0. The number of rotatable bonds is 3. The van der Waals surface area contributed by atoms with E-state index in [0.717, 1.165) is 12.7 Å². The Morgan fingerprint density at radius 2 is 1.46 bits per heavy atom. The summed E-state index contributed by atoms with van der Waals surface area (Å²) in [7, 11) is -3.31. The molecule has 0 aromatic heterocycles. The van der Waals surface area contributed by atoms with Crippen LogP contribution in [0.3, 0.4) is 0 Å². The third-order valence-corrected chi connectivity index (χ3v) is 6.86. The molecule has 3 fully saturated rings. The lowest BCUT2D eigenvalue weighted by Gasteiger charge is -2.33. The molecule has 2 aliphatic heterocycles. The van der Waals surface area contributed by atoms with Gasteiger partial charge in [-0.1, -0.05) is 32.1 Å². The number of nitrogens with zero attached hydrogens (tertiary/aromatic N) is 2. The van der Waals surface area contributed by atoms with E-state index in [4.69, 9.17) is 0 Å². The number of nitrogens with one attached hydrogen (secondary N) is 1. The number of likely N-dealkylation sites (tertiary alicyclic amines) is 2. The summed E-state index contributed by atoms with van der Waals surface area (Å²) in [5, 5.41) is 0. The number of hydrogen-bond acceptors (Lipinski definition) is 4. The maximum Gasteiger partial charge on any atom is 0.312 e. The van der Waals surface area contributed by atoms with Crippen LogP contribution in [0.15, 0.2) is 0 Å². The zero-order valence-electron chi connectivity index (χ0n) is 15.7. The van der Waals surface area contributed by atoms with Crippen LogP contribution in [0.2, 0.25) is 0 Å². The standard InChI is InChI=1S/C18H31N3O4S/c1-26(24,25)19-16-8-5-10-20(13-16)17(22)18(23)21-11-9-15(12-21)14-6-3-2-4-7-14/h14-16,19H,2-13H2,1H3. The highest BCUT2D eigenvalue weighted by atomic mass is 32.2. The number of amides is 2. The van der Waals surface area contributed by atoms with Gasteiger partial charge in [0.2, 0.25) is 10.0 Å². The number of carbonyl (C=O) groups excluding carboxylic acids is 2. The molecule has 2 saturated heterocycles. The fourth-order valence-corrected chi connectivity index (χ4v) is 5.59. The minimum Gasteiger partial charge on any atom is -0.334 e. The van der Waals surface area contributed by atoms with E-state index in [-0.39, 0.29) is 12.6 Å². The van der Waals surface area contributed by atoms with Crippen molar-refractivity contribution < 1.29 is 18.0 Å². The Bertz CT molecular complexity index is 630. The Morgan fingerprint density at radius 1 is 0.808 bits per heavy atom. The highest BCUT2D eigenvalue weighted by Gasteiger charge is 2.37. The Kier molecular flexibility index (Phi) is 6.22. The van der Waals surface area contributed by atoms with E-state index in [0.29, 0.717) is 44.3 Å². The summed E-state index contributed by atoms with van der Waals surface area (Å²) in [6, 6.07) is -0.302. The maximum absolute atomic E-state index is 12.7. The van der Waals surface area contributed by atoms with Gasteiger partial charge in [-0.3, -0.25) is 9.59 Å². The molecule has 2 atom stereocenters. The quantitative estimate of drug-likeness (QED) is 0.733. The topological polar surface area (TPSA) is 86.8 Å². The smallest absolute Gasteiger partial charge is 0.312 e. The van der Waals surface area contributed by atoms with Crippen LogP contribution in [0.1, 0.15) is 51.4 Å². The lowest BCUT2D eigenvalue weighted by Crippen LogP contribution is -2.53. The number of sulfonamides is 1. The second-order valence-corrected chi connectivity index (χ2v) is 9.96. The predicted octanol–water partition coefficient (Wildman–Crippen LogP) is 0.955. The zero-order valence-corrected chi connectivity index (χ0v) is 16.5. The molecule has 2 amide bonds. The van der Waals surface area contributed by atoms with Gasteiger partial charge in [0.15, 0.2) is 0 Å². The second kappa shape index (κ2) is 8.25. The van der Waals surface area contributed by atoms with Crippen molar-refractivity contribution >= 4 is 21.8 Å². The van der Waals surface area contributed by atoms with E-state index in [1.54, 1.807) is 4.90 Å². The molecular weight excluding hydrogens is 354 g/mol. The normalized spacial score (nSPS) is 28.3. The van der Waals surface area contributed by atoms with Gasteiger partial charge in [0, 0.05) is 32.2 Å². The molecule has 0 spiro atoms.